The Kier molecular flexibility index (Phi) is 4.01. The summed E-state index contributed by atoms with van der Waals surface area (Å²) >= 11 is 0. The van der Waals surface area contributed by atoms with Crippen LogP contribution in [0.3, 0.4) is 0 Å². The highest BCUT2D eigenvalue weighted by Crippen LogP contribution is 2.25. The van der Waals surface area contributed by atoms with Crippen molar-refractivity contribution in [3.8, 4) is 0 Å². The summed E-state index contributed by atoms with van der Waals surface area (Å²) in [6.45, 7) is 10.0. The molecule has 1 fully saturated rings. The molecule has 0 radical (unpaired) electrons. The molecular formula is C13H20. The van der Waals surface area contributed by atoms with Crippen molar-refractivity contribution in [2.24, 2.45) is 5.92 Å². The Balaban J connectivity index is 2.52. The van der Waals surface area contributed by atoms with Crippen molar-refractivity contribution in [2.45, 2.75) is 39.0 Å². The summed E-state index contributed by atoms with van der Waals surface area (Å²) in [5.74, 6) is 0.425. The van der Waals surface area contributed by atoms with Gasteiger partial charge in [0.05, 0.1) is 0 Å². The van der Waals surface area contributed by atoms with E-state index < -0.39 is 0 Å². The molecule has 0 spiro atoms. The fourth-order valence-corrected chi connectivity index (χ4v) is 1.70. The number of hydrogen-bond donors (Lipinski definition) is 0. The molecule has 72 valence electrons. The minimum atomic E-state index is 0.425. The third-order valence-corrected chi connectivity index (χ3v) is 2.82. The molecular weight excluding hydrogens is 156 g/mol. The third-order valence-electron chi connectivity index (χ3n) is 2.82. The highest BCUT2D eigenvalue weighted by molar-refractivity contribution is 5.25. The quantitative estimate of drug-likeness (QED) is 0.564. The molecule has 0 aromatic rings. The van der Waals surface area contributed by atoms with Crippen LogP contribution in [0, 0.1) is 5.92 Å². The fraction of sp³-hybridized carbons (Fsp3) is 0.538. The van der Waals surface area contributed by atoms with Crippen molar-refractivity contribution in [2.75, 3.05) is 0 Å². The van der Waals surface area contributed by atoms with Crippen LogP contribution in [0.4, 0.5) is 0 Å². The molecule has 0 heteroatoms. The molecule has 0 N–H and O–H groups in total. The zero-order valence-electron chi connectivity index (χ0n) is 8.68. The van der Waals surface area contributed by atoms with Crippen LogP contribution in [0.25, 0.3) is 0 Å². The van der Waals surface area contributed by atoms with Gasteiger partial charge in [0, 0.05) is 0 Å². The lowest BCUT2D eigenvalue weighted by atomic mass is 9.91. The molecule has 0 saturated heterocycles. The highest BCUT2D eigenvalue weighted by Gasteiger charge is 2.06. The lowest BCUT2D eigenvalue weighted by Gasteiger charge is -2.15. The van der Waals surface area contributed by atoms with E-state index in [9.17, 15) is 0 Å². The van der Waals surface area contributed by atoms with Crippen molar-refractivity contribution in [1.29, 1.82) is 0 Å². The Morgan fingerprint density at radius 3 is 2.46 bits per heavy atom. The summed E-state index contributed by atoms with van der Waals surface area (Å²) in [7, 11) is 0. The van der Waals surface area contributed by atoms with Gasteiger partial charge in [-0.3, -0.25) is 0 Å². The van der Waals surface area contributed by atoms with Gasteiger partial charge in [-0.15, -0.1) is 6.58 Å². The lowest BCUT2D eigenvalue weighted by molar-refractivity contribution is 0.597. The van der Waals surface area contributed by atoms with Crippen molar-refractivity contribution in [3.05, 3.63) is 36.5 Å². The SMILES string of the molecule is C=CC(C)C(=C)C=C1CCCCC1. The van der Waals surface area contributed by atoms with E-state index in [4.69, 9.17) is 0 Å². The van der Waals surface area contributed by atoms with E-state index in [1.807, 2.05) is 6.08 Å². The van der Waals surface area contributed by atoms with E-state index in [-0.39, 0.29) is 0 Å². The lowest BCUT2D eigenvalue weighted by Crippen LogP contribution is -1.97. The average Bonchev–Trinajstić information content (AvgIpc) is 2.18. The first-order valence-electron chi connectivity index (χ1n) is 5.25. The monoisotopic (exact) mass is 176 g/mol. The molecule has 0 aromatic carbocycles. The number of hydrogen-bond acceptors (Lipinski definition) is 0. The summed E-state index contributed by atoms with van der Waals surface area (Å²) in [5, 5.41) is 0. The van der Waals surface area contributed by atoms with Crippen molar-refractivity contribution in [3.63, 3.8) is 0 Å². The highest BCUT2D eigenvalue weighted by atomic mass is 14.1. The molecule has 0 heterocycles. The first kappa shape index (κ1) is 10.3. The van der Waals surface area contributed by atoms with Crippen molar-refractivity contribution in [1.82, 2.24) is 0 Å². The molecule has 0 nitrogen and oxygen atoms in total. The largest absolute Gasteiger partial charge is 0.102 e. The summed E-state index contributed by atoms with van der Waals surface area (Å²) in [6.07, 6.45) is 10.9. The normalized spacial score (nSPS) is 19.3. The average molecular weight is 176 g/mol. The molecule has 1 saturated carbocycles. The van der Waals surface area contributed by atoms with E-state index in [1.165, 1.54) is 37.7 Å². The van der Waals surface area contributed by atoms with Gasteiger partial charge in [-0.2, -0.15) is 0 Å². The zero-order chi connectivity index (χ0) is 9.68. The summed E-state index contributed by atoms with van der Waals surface area (Å²) in [4.78, 5) is 0. The van der Waals surface area contributed by atoms with E-state index in [1.54, 1.807) is 5.57 Å². The van der Waals surface area contributed by atoms with Crippen molar-refractivity contribution < 1.29 is 0 Å². The molecule has 0 aromatic heterocycles. The van der Waals surface area contributed by atoms with Gasteiger partial charge in [-0.05, 0) is 37.2 Å². The van der Waals surface area contributed by atoms with E-state index in [2.05, 4.69) is 26.2 Å². The molecule has 0 bridgehead atoms. The van der Waals surface area contributed by atoms with Gasteiger partial charge in [-0.25, -0.2) is 0 Å². The smallest absolute Gasteiger partial charge is 0.00190 e. The van der Waals surface area contributed by atoms with Gasteiger partial charge in [0.1, 0.15) is 0 Å². The van der Waals surface area contributed by atoms with E-state index in [0.717, 1.165) is 0 Å². The Bertz CT molecular complexity index is 212. The second kappa shape index (κ2) is 5.06. The third kappa shape index (κ3) is 3.22. The summed E-state index contributed by atoms with van der Waals surface area (Å²) in [6, 6.07) is 0. The zero-order valence-corrected chi connectivity index (χ0v) is 8.68. The fourth-order valence-electron chi connectivity index (χ4n) is 1.70. The Hall–Kier alpha value is -0.780. The van der Waals surface area contributed by atoms with Crippen LogP contribution in [0.2, 0.25) is 0 Å². The predicted octanol–water partition coefficient (Wildman–Crippen LogP) is 4.26. The van der Waals surface area contributed by atoms with Crippen LogP contribution in [0.1, 0.15) is 39.0 Å². The van der Waals surface area contributed by atoms with Crippen LogP contribution in [0.5, 0.6) is 0 Å². The minimum absolute atomic E-state index is 0.425. The second-order valence-corrected chi connectivity index (χ2v) is 3.96. The maximum absolute atomic E-state index is 4.07. The van der Waals surface area contributed by atoms with Gasteiger partial charge in [-0.1, -0.05) is 37.6 Å². The molecule has 1 aliphatic rings. The molecule has 0 amide bonds. The van der Waals surface area contributed by atoms with Gasteiger partial charge in [0.25, 0.3) is 0 Å². The molecule has 1 aliphatic carbocycles. The van der Waals surface area contributed by atoms with E-state index >= 15 is 0 Å². The van der Waals surface area contributed by atoms with Gasteiger partial charge in [0.15, 0.2) is 0 Å². The summed E-state index contributed by atoms with van der Waals surface area (Å²) < 4.78 is 0. The predicted molar refractivity (Wildman–Crippen MR) is 59.7 cm³/mol. The maximum atomic E-state index is 4.07. The van der Waals surface area contributed by atoms with Gasteiger partial charge >= 0.3 is 0 Å². The Labute approximate surface area is 82.0 Å². The van der Waals surface area contributed by atoms with Crippen LogP contribution in [0.15, 0.2) is 36.5 Å². The minimum Gasteiger partial charge on any atom is -0.102 e. The van der Waals surface area contributed by atoms with Crippen LogP contribution in [-0.4, -0.2) is 0 Å². The van der Waals surface area contributed by atoms with Gasteiger partial charge in [0.2, 0.25) is 0 Å². The first-order chi connectivity index (χ1) is 6.24. The number of allylic oxidation sites excluding steroid dienone is 4. The molecule has 13 heavy (non-hydrogen) atoms. The van der Waals surface area contributed by atoms with Crippen LogP contribution < -0.4 is 0 Å². The Morgan fingerprint density at radius 1 is 1.31 bits per heavy atom. The second-order valence-electron chi connectivity index (χ2n) is 3.96. The van der Waals surface area contributed by atoms with Crippen LogP contribution in [-0.2, 0) is 0 Å². The van der Waals surface area contributed by atoms with Gasteiger partial charge < -0.3 is 0 Å². The first-order valence-corrected chi connectivity index (χ1v) is 5.25. The molecule has 1 rings (SSSR count). The Morgan fingerprint density at radius 2 is 1.92 bits per heavy atom. The molecule has 1 unspecified atom stereocenters. The van der Waals surface area contributed by atoms with E-state index in [0.29, 0.717) is 5.92 Å². The number of rotatable bonds is 3. The molecule has 1 atom stereocenters. The van der Waals surface area contributed by atoms with Crippen molar-refractivity contribution >= 4 is 0 Å². The van der Waals surface area contributed by atoms with Crippen LogP contribution >= 0.6 is 0 Å². The standard InChI is InChI=1S/C13H20/c1-4-11(2)12(3)10-13-8-6-5-7-9-13/h4,10-11H,1,3,5-9H2,2H3. The maximum Gasteiger partial charge on any atom is -0.00190 e. The summed E-state index contributed by atoms with van der Waals surface area (Å²) in [5.41, 5.74) is 2.80. The topological polar surface area (TPSA) is 0 Å². The molecule has 0 aliphatic heterocycles.